The number of benzene rings is 2. The van der Waals surface area contributed by atoms with Gasteiger partial charge in [-0.15, -0.1) is 0 Å². The Balaban J connectivity index is 1.29. The van der Waals surface area contributed by atoms with E-state index in [4.69, 9.17) is 9.47 Å². The van der Waals surface area contributed by atoms with Crippen molar-refractivity contribution in [1.29, 1.82) is 0 Å². The first-order valence-electron chi connectivity index (χ1n) is 12.3. The van der Waals surface area contributed by atoms with Crippen molar-refractivity contribution in [3.63, 3.8) is 0 Å². The molecule has 0 amide bonds. The molecule has 2 fully saturated rings. The van der Waals surface area contributed by atoms with E-state index in [0.29, 0.717) is 18.3 Å². The lowest BCUT2D eigenvalue weighted by Gasteiger charge is -2.54. The standard InChI is InChI=1S/C29H32N2O3/c1-29-16-20-14-27(32)19(10-18-11-22(33-2)15-23(12-18)34-3)13-21(20)17-31(29)9-8-25-24-6-4-5-7-26(24)30-28(25)29/h4-7,10-12,15,20-21,30H,8-9,13-14,16-17H2,1-3H3/t20?,21?,29-/m0/s1. The summed E-state index contributed by atoms with van der Waals surface area (Å²) in [5.74, 6) is 2.69. The lowest BCUT2D eigenvalue weighted by molar-refractivity contribution is -0.121. The third-order valence-electron chi connectivity index (χ3n) is 8.47. The minimum absolute atomic E-state index is 0.0323. The largest absolute Gasteiger partial charge is 0.497 e. The number of aromatic nitrogens is 1. The van der Waals surface area contributed by atoms with Gasteiger partial charge in [-0.2, -0.15) is 0 Å². The van der Waals surface area contributed by atoms with E-state index in [1.807, 2.05) is 24.3 Å². The Labute approximate surface area is 200 Å². The van der Waals surface area contributed by atoms with Crippen molar-refractivity contribution < 1.29 is 14.3 Å². The number of ketones is 1. The maximum Gasteiger partial charge on any atom is 0.159 e. The number of nitrogens with zero attached hydrogens (tertiary/aromatic N) is 1. The maximum atomic E-state index is 13.3. The molecule has 3 atom stereocenters. The fourth-order valence-electron chi connectivity index (χ4n) is 6.69. The SMILES string of the molecule is COc1cc(C=C2CC3CN4CCc5c([nH]c6ccccc56)[C@]4(C)CC3CC2=O)cc(OC)c1. The van der Waals surface area contributed by atoms with Crippen LogP contribution in [-0.2, 0) is 16.8 Å². The van der Waals surface area contributed by atoms with Crippen molar-refractivity contribution in [3.8, 4) is 11.5 Å². The topological polar surface area (TPSA) is 54.6 Å². The number of aromatic amines is 1. The molecule has 5 heteroatoms. The van der Waals surface area contributed by atoms with E-state index in [1.165, 1.54) is 22.2 Å². The van der Waals surface area contributed by atoms with Crippen LogP contribution in [0.5, 0.6) is 11.5 Å². The molecular weight excluding hydrogens is 424 g/mol. The van der Waals surface area contributed by atoms with Gasteiger partial charge in [0.25, 0.3) is 0 Å². The first kappa shape index (κ1) is 21.5. The van der Waals surface area contributed by atoms with Gasteiger partial charge in [0.1, 0.15) is 11.5 Å². The van der Waals surface area contributed by atoms with Crippen LogP contribution in [-0.4, -0.2) is 43.0 Å². The molecule has 2 aromatic carbocycles. The second-order valence-electron chi connectivity index (χ2n) is 10.4. The van der Waals surface area contributed by atoms with Crippen molar-refractivity contribution in [2.75, 3.05) is 27.3 Å². The summed E-state index contributed by atoms with van der Waals surface area (Å²) in [7, 11) is 3.30. The molecule has 1 N–H and O–H groups in total. The van der Waals surface area contributed by atoms with Gasteiger partial charge in [0, 0.05) is 42.2 Å². The van der Waals surface area contributed by atoms with Gasteiger partial charge in [-0.1, -0.05) is 18.2 Å². The molecule has 5 nitrogen and oxygen atoms in total. The molecule has 3 aromatic rings. The molecule has 34 heavy (non-hydrogen) atoms. The highest BCUT2D eigenvalue weighted by atomic mass is 16.5. The maximum absolute atomic E-state index is 13.3. The van der Waals surface area contributed by atoms with Crippen LogP contribution in [0, 0.1) is 11.8 Å². The highest BCUT2D eigenvalue weighted by Crippen LogP contribution is 2.50. The van der Waals surface area contributed by atoms with E-state index in [1.54, 1.807) is 14.2 Å². The predicted molar refractivity (Wildman–Crippen MR) is 134 cm³/mol. The van der Waals surface area contributed by atoms with E-state index in [9.17, 15) is 4.79 Å². The molecule has 1 aromatic heterocycles. The number of rotatable bonds is 3. The number of carbonyl (C=O) groups is 1. The Hall–Kier alpha value is -3.05. The van der Waals surface area contributed by atoms with Crippen LogP contribution in [0.15, 0.2) is 48.0 Å². The molecule has 3 heterocycles. The normalized spacial score (nSPS) is 27.9. The number of H-pyrrole nitrogens is 1. The van der Waals surface area contributed by atoms with Gasteiger partial charge in [0.2, 0.25) is 0 Å². The number of allylic oxidation sites excluding steroid dienone is 1. The Morgan fingerprint density at radius 2 is 1.82 bits per heavy atom. The molecule has 176 valence electrons. The zero-order valence-corrected chi connectivity index (χ0v) is 20.2. The summed E-state index contributed by atoms with van der Waals surface area (Å²) in [6.07, 6.45) is 5.64. The summed E-state index contributed by atoms with van der Waals surface area (Å²) in [5.41, 5.74) is 5.94. The number of Topliss-reactive ketones (excluding diaryl/α,β-unsaturated/α-hetero) is 1. The summed E-state index contributed by atoms with van der Waals surface area (Å²) in [4.78, 5) is 19.7. The van der Waals surface area contributed by atoms with Crippen LogP contribution in [0.2, 0.25) is 0 Å². The van der Waals surface area contributed by atoms with Gasteiger partial charge in [-0.05, 0) is 79.0 Å². The molecule has 2 unspecified atom stereocenters. The van der Waals surface area contributed by atoms with E-state index >= 15 is 0 Å². The number of ether oxygens (including phenoxy) is 2. The summed E-state index contributed by atoms with van der Waals surface area (Å²) in [5, 5.41) is 1.36. The summed E-state index contributed by atoms with van der Waals surface area (Å²) in [6.45, 7) is 4.51. The fourth-order valence-corrected chi connectivity index (χ4v) is 6.69. The number of nitrogens with one attached hydrogen (secondary N) is 1. The van der Waals surface area contributed by atoms with Crippen molar-refractivity contribution in [3.05, 3.63) is 64.9 Å². The molecular formula is C29H32N2O3. The smallest absolute Gasteiger partial charge is 0.159 e. The summed E-state index contributed by atoms with van der Waals surface area (Å²) in [6, 6.07) is 14.5. The van der Waals surface area contributed by atoms with Crippen LogP contribution >= 0.6 is 0 Å². The van der Waals surface area contributed by atoms with Crippen molar-refractivity contribution >= 4 is 22.8 Å². The van der Waals surface area contributed by atoms with Gasteiger partial charge in [-0.3, -0.25) is 9.69 Å². The molecule has 0 spiro atoms. The van der Waals surface area contributed by atoms with Crippen LogP contribution in [0.4, 0.5) is 0 Å². The highest BCUT2D eigenvalue weighted by molar-refractivity contribution is 6.00. The van der Waals surface area contributed by atoms with Crippen LogP contribution in [0.1, 0.15) is 43.0 Å². The third-order valence-corrected chi connectivity index (χ3v) is 8.47. The molecule has 1 saturated carbocycles. The Bertz CT molecular complexity index is 1280. The van der Waals surface area contributed by atoms with Crippen LogP contribution in [0.25, 0.3) is 17.0 Å². The number of para-hydroxylation sites is 1. The van der Waals surface area contributed by atoms with Gasteiger partial charge in [0.15, 0.2) is 5.78 Å². The van der Waals surface area contributed by atoms with Crippen molar-refractivity contribution in [2.24, 2.45) is 11.8 Å². The zero-order valence-electron chi connectivity index (χ0n) is 20.2. The quantitative estimate of drug-likeness (QED) is 0.541. The molecule has 2 aliphatic heterocycles. The molecule has 1 aliphatic carbocycles. The second-order valence-corrected chi connectivity index (χ2v) is 10.4. The Morgan fingerprint density at radius 3 is 2.59 bits per heavy atom. The van der Waals surface area contributed by atoms with Crippen LogP contribution in [0.3, 0.4) is 0 Å². The first-order valence-corrected chi connectivity index (χ1v) is 12.3. The third kappa shape index (κ3) is 3.37. The van der Waals surface area contributed by atoms with E-state index < -0.39 is 0 Å². The average Bonchev–Trinajstić information content (AvgIpc) is 3.23. The minimum atomic E-state index is -0.0323. The van der Waals surface area contributed by atoms with Gasteiger partial charge >= 0.3 is 0 Å². The number of piperidine rings is 1. The minimum Gasteiger partial charge on any atom is -0.497 e. The molecule has 6 rings (SSSR count). The molecule has 0 bridgehead atoms. The lowest BCUT2D eigenvalue weighted by atomic mass is 9.65. The first-order chi connectivity index (χ1) is 16.5. The highest BCUT2D eigenvalue weighted by Gasteiger charge is 2.49. The Kier molecular flexibility index (Phi) is 5.07. The van der Waals surface area contributed by atoms with Crippen molar-refractivity contribution in [1.82, 2.24) is 9.88 Å². The second kappa shape index (κ2) is 8.02. The van der Waals surface area contributed by atoms with E-state index in [2.05, 4.69) is 41.1 Å². The number of carbonyl (C=O) groups excluding carboxylic acids is 1. The monoisotopic (exact) mass is 456 g/mol. The Morgan fingerprint density at radius 1 is 1.06 bits per heavy atom. The number of hydrogen-bond acceptors (Lipinski definition) is 4. The van der Waals surface area contributed by atoms with Crippen LogP contribution < -0.4 is 9.47 Å². The predicted octanol–water partition coefficient (Wildman–Crippen LogP) is 5.34. The number of hydrogen-bond donors (Lipinski definition) is 1. The van der Waals surface area contributed by atoms with Gasteiger partial charge in [0.05, 0.1) is 19.8 Å². The molecule has 1 saturated heterocycles. The van der Waals surface area contributed by atoms with Crippen molar-refractivity contribution in [2.45, 2.75) is 38.1 Å². The summed E-state index contributed by atoms with van der Waals surface area (Å²) < 4.78 is 10.8. The molecule has 0 radical (unpaired) electrons. The lowest BCUT2D eigenvalue weighted by Crippen LogP contribution is -2.57. The average molecular weight is 457 g/mol. The van der Waals surface area contributed by atoms with E-state index in [0.717, 1.165) is 55.0 Å². The number of methoxy groups -OCH3 is 2. The summed E-state index contributed by atoms with van der Waals surface area (Å²) >= 11 is 0. The van der Waals surface area contributed by atoms with E-state index in [-0.39, 0.29) is 11.3 Å². The fraction of sp³-hybridized carbons (Fsp3) is 0.414. The molecule has 3 aliphatic rings. The number of fused-ring (bicyclic) bond motifs is 6. The van der Waals surface area contributed by atoms with Gasteiger partial charge in [-0.25, -0.2) is 0 Å². The van der Waals surface area contributed by atoms with Gasteiger partial charge < -0.3 is 14.5 Å². The zero-order chi connectivity index (χ0) is 23.4.